The highest BCUT2D eigenvalue weighted by molar-refractivity contribution is 5.90. The molecule has 122 valence electrons. The van der Waals surface area contributed by atoms with Gasteiger partial charge in [-0.05, 0) is 57.0 Å². The minimum Gasteiger partial charge on any atom is -0.478 e. The SMILES string of the molecule is C/C=C(\C=C/C(/C=C\CC)=C(C)C)Oc1ccccc1C(=O)O. The fraction of sp³-hybridized carbons (Fsp3) is 0.250. The van der Waals surface area contributed by atoms with Gasteiger partial charge in [0, 0.05) is 0 Å². The number of carboxylic acid groups (broad SMARTS) is 1. The molecule has 0 fully saturated rings. The van der Waals surface area contributed by atoms with Crippen LogP contribution in [0, 0.1) is 0 Å². The van der Waals surface area contributed by atoms with Crippen LogP contribution in [0.2, 0.25) is 0 Å². The zero-order valence-corrected chi connectivity index (χ0v) is 14.2. The Kier molecular flexibility index (Phi) is 7.61. The van der Waals surface area contributed by atoms with Gasteiger partial charge in [-0.1, -0.05) is 42.9 Å². The molecule has 1 N–H and O–H groups in total. The van der Waals surface area contributed by atoms with Gasteiger partial charge in [-0.25, -0.2) is 4.79 Å². The van der Waals surface area contributed by atoms with Crippen molar-refractivity contribution in [2.45, 2.75) is 34.1 Å². The molecule has 0 saturated carbocycles. The number of carboxylic acids is 1. The lowest BCUT2D eigenvalue weighted by Crippen LogP contribution is -2.02. The number of para-hydroxylation sites is 1. The van der Waals surface area contributed by atoms with Crippen LogP contribution in [0.4, 0.5) is 0 Å². The predicted molar refractivity (Wildman–Crippen MR) is 94.7 cm³/mol. The van der Waals surface area contributed by atoms with E-state index in [9.17, 15) is 9.90 Å². The summed E-state index contributed by atoms with van der Waals surface area (Å²) in [6.45, 7) is 8.05. The van der Waals surface area contributed by atoms with Crippen molar-refractivity contribution in [2.75, 3.05) is 0 Å². The molecule has 1 aromatic carbocycles. The largest absolute Gasteiger partial charge is 0.478 e. The van der Waals surface area contributed by atoms with Crippen LogP contribution in [-0.4, -0.2) is 11.1 Å². The molecule has 0 unspecified atom stereocenters. The van der Waals surface area contributed by atoms with Gasteiger partial charge in [0.05, 0.1) is 0 Å². The van der Waals surface area contributed by atoms with E-state index < -0.39 is 5.97 Å². The summed E-state index contributed by atoms with van der Waals surface area (Å²) in [6.07, 6.45) is 10.8. The van der Waals surface area contributed by atoms with Crippen molar-refractivity contribution < 1.29 is 14.6 Å². The van der Waals surface area contributed by atoms with Gasteiger partial charge in [-0.2, -0.15) is 0 Å². The van der Waals surface area contributed by atoms with E-state index >= 15 is 0 Å². The molecule has 1 aromatic rings. The third-order valence-corrected chi connectivity index (χ3v) is 3.17. The lowest BCUT2D eigenvalue weighted by molar-refractivity contribution is 0.0694. The van der Waals surface area contributed by atoms with E-state index in [4.69, 9.17) is 4.74 Å². The zero-order valence-electron chi connectivity index (χ0n) is 14.2. The number of hydrogen-bond acceptors (Lipinski definition) is 2. The Morgan fingerprint density at radius 2 is 1.87 bits per heavy atom. The molecule has 0 aliphatic carbocycles. The number of aromatic carboxylic acids is 1. The predicted octanol–water partition coefficient (Wildman–Crippen LogP) is 5.53. The van der Waals surface area contributed by atoms with Crippen LogP contribution in [0.1, 0.15) is 44.5 Å². The van der Waals surface area contributed by atoms with Gasteiger partial charge < -0.3 is 9.84 Å². The van der Waals surface area contributed by atoms with Gasteiger partial charge in [0.25, 0.3) is 0 Å². The van der Waals surface area contributed by atoms with Crippen LogP contribution in [0.5, 0.6) is 5.75 Å². The average molecular weight is 312 g/mol. The monoisotopic (exact) mass is 312 g/mol. The minimum atomic E-state index is -1.00. The second kappa shape index (κ2) is 9.46. The second-order valence-corrected chi connectivity index (χ2v) is 5.19. The number of benzene rings is 1. The molecule has 23 heavy (non-hydrogen) atoms. The minimum absolute atomic E-state index is 0.147. The van der Waals surface area contributed by atoms with E-state index in [1.54, 1.807) is 24.3 Å². The van der Waals surface area contributed by atoms with E-state index in [1.165, 1.54) is 11.6 Å². The summed E-state index contributed by atoms with van der Waals surface area (Å²) >= 11 is 0. The van der Waals surface area contributed by atoms with Crippen molar-refractivity contribution in [1.82, 2.24) is 0 Å². The first-order chi connectivity index (χ1) is 11.0. The molecule has 0 radical (unpaired) electrons. The molecule has 0 aliphatic rings. The maximum absolute atomic E-state index is 11.2. The number of carbonyl (C=O) groups is 1. The maximum Gasteiger partial charge on any atom is 0.339 e. The summed E-state index contributed by atoms with van der Waals surface area (Å²) in [5.41, 5.74) is 2.46. The number of hydrogen-bond donors (Lipinski definition) is 1. The van der Waals surface area contributed by atoms with Crippen molar-refractivity contribution in [2.24, 2.45) is 0 Å². The van der Waals surface area contributed by atoms with Crippen molar-refractivity contribution in [3.05, 3.63) is 77.1 Å². The summed E-state index contributed by atoms with van der Waals surface area (Å²) in [5, 5.41) is 9.21. The fourth-order valence-electron chi connectivity index (χ4n) is 1.85. The van der Waals surface area contributed by atoms with Gasteiger partial charge in [-0.3, -0.25) is 0 Å². The van der Waals surface area contributed by atoms with Crippen molar-refractivity contribution >= 4 is 5.97 Å². The topological polar surface area (TPSA) is 46.5 Å². The smallest absolute Gasteiger partial charge is 0.339 e. The van der Waals surface area contributed by atoms with Crippen molar-refractivity contribution in [1.29, 1.82) is 0 Å². The van der Waals surface area contributed by atoms with Crippen LogP contribution >= 0.6 is 0 Å². The molecule has 3 nitrogen and oxygen atoms in total. The molecular weight excluding hydrogens is 288 g/mol. The molecule has 0 spiro atoms. The van der Waals surface area contributed by atoms with Gasteiger partial charge >= 0.3 is 5.97 Å². The Balaban J connectivity index is 2.99. The van der Waals surface area contributed by atoms with Crippen molar-refractivity contribution in [3.63, 3.8) is 0 Å². The van der Waals surface area contributed by atoms with E-state index in [2.05, 4.69) is 32.9 Å². The molecule has 0 heterocycles. The fourth-order valence-corrected chi connectivity index (χ4v) is 1.85. The molecular formula is C20H24O3. The van der Waals surface area contributed by atoms with Gasteiger partial charge in [0.1, 0.15) is 17.1 Å². The quantitative estimate of drug-likeness (QED) is 0.532. The zero-order chi connectivity index (χ0) is 17.2. The third-order valence-electron chi connectivity index (χ3n) is 3.17. The highest BCUT2D eigenvalue weighted by atomic mass is 16.5. The number of rotatable bonds is 7. The van der Waals surface area contributed by atoms with E-state index in [0.717, 1.165) is 12.0 Å². The molecule has 0 saturated heterocycles. The molecule has 0 aromatic heterocycles. The Bertz CT molecular complexity index is 657. The van der Waals surface area contributed by atoms with Crippen LogP contribution < -0.4 is 4.74 Å². The standard InChI is InChI=1S/C20H24O3/c1-5-7-10-16(15(3)4)13-14-17(6-2)23-19-12-9-8-11-18(19)20(21)22/h6-14H,5H2,1-4H3,(H,21,22)/b10-7-,14-13-,17-6+. The Morgan fingerprint density at radius 1 is 1.17 bits per heavy atom. The van der Waals surface area contributed by atoms with E-state index in [-0.39, 0.29) is 5.56 Å². The molecule has 1 rings (SSSR count). The second-order valence-electron chi connectivity index (χ2n) is 5.19. The van der Waals surface area contributed by atoms with Crippen LogP contribution in [0.15, 0.2) is 71.6 Å². The normalized spacial score (nSPS) is 11.9. The molecule has 0 amide bonds. The van der Waals surface area contributed by atoms with Crippen LogP contribution in [-0.2, 0) is 0 Å². The Hall–Kier alpha value is -2.55. The Labute approximate surface area is 138 Å². The van der Waals surface area contributed by atoms with E-state index in [0.29, 0.717) is 11.5 Å². The number of ether oxygens (including phenoxy) is 1. The van der Waals surface area contributed by atoms with Crippen LogP contribution in [0.3, 0.4) is 0 Å². The molecule has 3 heteroatoms. The first-order valence-electron chi connectivity index (χ1n) is 7.68. The lowest BCUT2D eigenvalue weighted by atomic mass is 10.1. The maximum atomic E-state index is 11.2. The highest BCUT2D eigenvalue weighted by Crippen LogP contribution is 2.21. The van der Waals surface area contributed by atoms with E-state index in [1.807, 2.05) is 19.1 Å². The molecule has 0 aliphatic heterocycles. The highest BCUT2D eigenvalue weighted by Gasteiger charge is 2.10. The summed E-state index contributed by atoms with van der Waals surface area (Å²) in [6, 6.07) is 6.61. The first-order valence-corrected chi connectivity index (χ1v) is 7.68. The van der Waals surface area contributed by atoms with Gasteiger partial charge in [0.15, 0.2) is 0 Å². The first kappa shape index (κ1) is 18.5. The van der Waals surface area contributed by atoms with Crippen LogP contribution in [0.25, 0.3) is 0 Å². The number of allylic oxidation sites excluding steroid dienone is 7. The van der Waals surface area contributed by atoms with Crippen molar-refractivity contribution in [3.8, 4) is 5.75 Å². The lowest BCUT2D eigenvalue weighted by Gasteiger charge is -2.09. The molecule has 0 bridgehead atoms. The van der Waals surface area contributed by atoms with Gasteiger partial charge in [-0.15, -0.1) is 0 Å². The third kappa shape index (κ3) is 5.99. The molecule has 0 atom stereocenters. The van der Waals surface area contributed by atoms with Gasteiger partial charge in [0.2, 0.25) is 0 Å². The Morgan fingerprint density at radius 3 is 2.43 bits per heavy atom. The summed E-state index contributed by atoms with van der Waals surface area (Å²) < 4.78 is 5.74. The summed E-state index contributed by atoms with van der Waals surface area (Å²) in [5.74, 6) is -0.0705. The summed E-state index contributed by atoms with van der Waals surface area (Å²) in [4.78, 5) is 11.2. The summed E-state index contributed by atoms with van der Waals surface area (Å²) in [7, 11) is 0. The average Bonchev–Trinajstić information content (AvgIpc) is 2.53.